The van der Waals surface area contributed by atoms with E-state index >= 15 is 0 Å². The van der Waals surface area contributed by atoms with E-state index in [1.165, 1.54) is 12.0 Å². The van der Waals surface area contributed by atoms with Crippen molar-refractivity contribution >= 4 is 5.91 Å². The number of aromatic nitrogens is 2. The van der Waals surface area contributed by atoms with Crippen molar-refractivity contribution in [2.24, 2.45) is 0 Å². The second-order valence-electron chi connectivity index (χ2n) is 7.17. The van der Waals surface area contributed by atoms with Crippen molar-refractivity contribution in [2.75, 3.05) is 13.1 Å². The SMILES string of the molecule is Cc1nnc(-c2cccc(C(=O)NCC3CCCN3Cc3ccccc3)c2)o1. The first-order chi connectivity index (χ1) is 13.7. The molecule has 0 saturated carbocycles. The minimum absolute atomic E-state index is 0.0790. The number of hydrogen-bond donors (Lipinski definition) is 1. The standard InChI is InChI=1S/C22H24N4O2/c1-16-24-25-22(28-16)19-10-5-9-18(13-19)21(27)23-14-20-11-6-12-26(20)15-17-7-3-2-4-8-17/h2-5,7-10,13,20H,6,11-12,14-15H2,1H3,(H,23,27). The number of nitrogens with one attached hydrogen (secondary N) is 1. The highest BCUT2D eigenvalue weighted by Crippen LogP contribution is 2.21. The first kappa shape index (κ1) is 18.4. The van der Waals surface area contributed by atoms with E-state index in [1.54, 1.807) is 19.1 Å². The van der Waals surface area contributed by atoms with Crippen molar-refractivity contribution in [3.63, 3.8) is 0 Å². The Hall–Kier alpha value is -2.99. The van der Waals surface area contributed by atoms with Crippen LogP contribution in [0.25, 0.3) is 11.5 Å². The summed E-state index contributed by atoms with van der Waals surface area (Å²) in [5, 5.41) is 11.0. The molecule has 1 aliphatic rings. The first-order valence-electron chi connectivity index (χ1n) is 9.66. The number of nitrogens with zero attached hydrogens (tertiary/aromatic N) is 3. The topological polar surface area (TPSA) is 71.3 Å². The van der Waals surface area contributed by atoms with Gasteiger partial charge in [-0.15, -0.1) is 10.2 Å². The number of amides is 1. The molecule has 0 bridgehead atoms. The summed E-state index contributed by atoms with van der Waals surface area (Å²) in [6, 6.07) is 18.1. The Bertz CT molecular complexity index is 938. The van der Waals surface area contributed by atoms with Crippen LogP contribution in [0.3, 0.4) is 0 Å². The molecule has 6 heteroatoms. The van der Waals surface area contributed by atoms with Gasteiger partial charge in [0.1, 0.15) is 0 Å². The van der Waals surface area contributed by atoms with E-state index in [0.717, 1.165) is 25.1 Å². The fraction of sp³-hybridized carbons (Fsp3) is 0.318. The van der Waals surface area contributed by atoms with E-state index in [-0.39, 0.29) is 5.91 Å². The molecule has 1 fully saturated rings. The number of rotatable bonds is 6. The van der Waals surface area contributed by atoms with Gasteiger partial charge in [-0.1, -0.05) is 36.4 Å². The monoisotopic (exact) mass is 376 g/mol. The Morgan fingerprint density at radius 2 is 2.04 bits per heavy atom. The zero-order chi connectivity index (χ0) is 19.3. The van der Waals surface area contributed by atoms with Crippen LogP contribution in [0.1, 0.15) is 34.7 Å². The molecule has 1 saturated heterocycles. The summed E-state index contributed by atoms with van der Waals surface area (Å²) < 4.78 is 5.46. The Balaban J connectivity index is 1.37. The maximum atomic E-state index is 12.7. The molecular weight excluding hydrogens is 352 g/mol. The highest BCUT2D eigenvalue weighted by Gasteiger charge is 2.25. The van der Waals surface area contributed by atoms with Crippen LogP contribution in [0.4, 0.5) is 0 Å². The van der Waals surface area contributed by atoms with Crippen molar-refractivity contribution in [3.8, 4) is 11.5 Å². The lowest BCUT2D eigenvalue weighted by atomic mass is 10.1. The molecule has 1 N–H and O–H groups in total. The second kappa shape index (κ2) is 8.35. The van der Waals surface area contributed by atoms with Crippen LogP contribution in [-0.4, -0.2) is 40.1 Å². The third-order valence-corrected chi connectivity index (χ3v) is 5.12. The van der Waals surface area contributed by atoms with E-state index in [9.17, 15) is 4.79 Å². The zero-order valence-corrected chi connectivity index (χ0v) is 16.0. The Morgan fingerprint density at radius 1 is 1.18 bits per heavy atom. The summed E-state index contributed by atoms with van der Waals surface area (Å²) in [4.78, 5) is 15.1. The molecular formula is C22H24N4O2. The molecule has 3 aromatic rings. The summed E-state index contributed by atoms with van der Waals surface area (Å²) in [7, 11) is 0. The van der Waals surface area contributed by atoms with Crippen molar-refractivity contribution in [1.29, 1.82) is 0 Å². The lowest BCUT2D eigenvalue weighted by Crippen LogP contribution is -2.39. The van der Waals surface area contributed by atoms with Gasteiger partial charge < -0.3 is 9.73 Å². The normalized spacial score (nSPS) is 17.0. The van der Waals surface area contributed by atoms with Gasteiger partial charge in [-0.3, -0.25) is 9.69 Å². The zero-order valence-electron chi connectivity index (χ0n) is 16.0. The lowest BCUT2D eigenvalue weighted by molar-refractivity contribution is 0.0940. The maximum absolute atomic E-state index is 12.7. The number of hydrogen-bond acceptors (Lipinski definition) is 5. The smallest absolute Gasteiger partial charge is 0.251 e. The molecule has 4 rings (SSSR count). The van der Waals surface area contributed by atoms with E-state index in [4.69, 9.17) is 4.42 Å². The highest BCUT2D eigenvalue weighted by atomic mass is 16.4. The Morgan fingerprint density at radius 3 is 2.82 bits per heavy atom. The molecule has 6 nitrogen and oxygen atoms in total. The van der Waals surface area contributed by atoms with Crippen molar-refractivity contribution in [3.05, 3.63) is 71.6 Å². The summed E-state index contributed by atoms with van der Waals surface area (Å²) in [5.41, 5.74) is 2.66. The molecule has 1 unspecified atom stereocenters. The van der Waals surface area contributed by atoms with Crippen molar-refractivity contribution in [2.45, 2.75) is 32.4 Å². The molecule has 0 aliphatic carbocycles. The number of carbonyl (C=O) groups excluding carboxylic acids is 1. The maximum Gasteiger partial charge on any atom is 0.251 e. The minimum Gasteiger partial charge on any atom is -0.421 e. The molecule has 2 heterocycles. The fourth-order valence-electron chi connectivity index (χ4n) is 3.67. The van der Waals surface area contributed by atoms with Crippen molar-refractivity contribution in [1.82, 2.24) is 20.4 Å². The number of likely N-dealkylation sites (tertiary alicyclic amines) is 1. The van der Waals surface area contributed by atoms with Gasteiger partial charge in [0.15, 0.2) is 0 Å². The first-order valence-corrected chi connectivity index (χ1v) is 9.66. The van der Waals surface area contributed by atoms with E-state index < -0.39 is 0 Å². The largest absolute Gasteiger partial charge is 0.421 e. The Labute approximate surface area is 164 Å². The molecule has 2 aromatic carbocycles. The van der Waals surface area contributed by atoms with Crippen LogP contribution in [-0.2, 0) is 6.54 Å². The van der Waals surface area contributed by atoms with Crippen LogP contribution in [0, 0.1) is 6.92 Å². The van der Waals surface area contributed by atoms with Gasteiger partial charge in [0.05, 0.1) is 0 Å². The average Bonchev–Trinajstić information content (AvgIpc) is 3.36. The molecule has 1 atom stereocenters. The second-order valence-corrected chi connectivity index (χ2v) is 7.17. The molecule has 1 aliphatic heterocycles. The third kappa shape index (κ3) is 4.28. The van der Waals surface area contributed by atoms with Crippen LogP contribution >= 0.6 is 0 Å². The van der Waals surface area contributed by atoms with Crippen LogP contribution in [0.2, 0.25) is 0 Å². The van der Waals surface area contributed by atoms with E-state index in [0.29, 0.717) is 29.9 Å². The number of aryl methyl sites for hydroxylation is 1. The summed E-state index contributed by atoms with van der Waals surface area (Å²) in [6.07, 6.45) is 2.27. The van der Waals surface area contributed by atoms with Crippen LogP contribution < -0.4 is 5.32 Å². The van der Waals surface area contributed by atoms with Crippen LogP contribution in [0.15, 0.2) is 59.0 Å². The summed E-state index contributed by atoms with van der Waals surface area (Å²) >= 11 is 0. The van der Waals surface area contributed by atoms with Crippen molar-refractivity contribution < 1.29 is 9.21 Å². The fourth-order valence-corrected chi connectivity index (χ4v) is 3.67. The minimum atomic E-state index is -0.0790. The predicted molar refractivity (Wildman–Crippen MR) is 107 cm³/mol. The van der Waals surface area contributed by atoms with Gasteiger partial charge in [0.2, 0.25) is 11.8 Å². The average molecular weight is 376 g/mol. The van der Waals surface area contributed by atoms with Gasteiger partial charge in [-0.05, 0) is 43.1 Å². The van der Waals surface area contributed by atoms with Gasteiger partial charge in [-0.2, -0.15) is 0 Å². The van der Waals surface area contributed by atoms with Gasteiger partial charge in [0.25, 0.3) is 5.91 Å². The molecule has 144 valence electrons. The molecule has 28 heavy (non-hydrogen) atoms. The molecule has 1 aromatic heterocycles. The summed E-state index contributed by atoms with van der Waals surface area (Å²) in [6.45, 7) is 4.39. The van der Waals surface area contributed by atoms with Gasteiger partial charge in [0, 0.05) is 37.2 Å². The lowest BCUT2D eigenvalue weighted by Gasteiger charge is -2.24. The van der Waals surface area contributed by atoms with Gasteiger partial charge >= 0.3 is 0 Å². The van der Waals surface area contributed by atoms with Crippen LogP contribution in [0.5, 0.6) is 0 Å². The highest BCUT2D eigenvalue weighted by molar-refractivity contribution is 5.95. The quantitative estimate of drug-likeness (QED) is 0.714. The van der Waals surface area contributed by atoms with E-state index in [1.807, 2.05) is 18.2 Å². The third-order valence-electron chi connectivity index (χ3n) is 5.12. The summed E-state index contributed by atoms with van der Waals surface area (Å²) in [5.74, 6) is 0.853. The molecule has 0 radical (unpaired) electrons. The molecule has 0 spiro atoms. The van der Waals surface area contributed by atoms with E-state index in [2.05, 4.69) is 44.7 Å². The number of carbonyl (C=O) groups is 1. The molecule has 1 amide bonds. The van der Waals surface area contributed by atoms with Gasteiger partial charge in [-0.25, -0.2) is 0 Å². The Kier molecular flexibility index (Phi) is 5.48. The number of benzene rings is 2. The predicted octanol–water partition coefficient (Wildman–Crippen LogP) is 3.44.